The van der Waals surface area contributed by atoms with Gasteiger partial charge in [-0.15, -0.1) is 0 Å². The third-order valence-electron chi connectivity index (χ3n) is 9.16. The fraction of sp³-hybridized carbons (Fsp3) is 0.923. The number of rotatable bonds is 36. The van der Waals surface area contributed by atoms with Crippen molar-refractivity contribution in [1.29, 1.82) is 0 Å². The third kappa shape index (κ3) is 32.3. The van der Waals surface area contributed by atoms with Crippen LogP contribution in [0.15, 0.2) is 0 Å². The Kier molecular flexibility index (Phi) is 32.8. The summed E-state index contributed by atoms with van der Waals surface area (Å²) in [6.45, 7) is 4.52. The lowest BCUT2D eigenvalue weighted by molar-refractivity contribution is -0.151. The van der Waals surface area contributed by atoms with Crippen LogP contribution in [0.3, 0.4) is 0 Å². The average Bonchev–Trinajstić information content (AvgIpc) is 3.01. The molecule has 0 fully saturated rings. The van der Waals surface area contributed by atoms with Gasteiger partial charge in [0.1, 0.15) is 6.10 Å². The Morgan fingerprint density at radius 2 is 0.889 bits per heavy atom. The fourth-order valence-corrected chi connectivity index (χ4v) is 6.13. The maximum absolute atomic E-state index is 12.8. The zero-order chi connectivity index (χ0) is 33.2. The molecule has 0 aromatic heterocycles. The maximum Gasteiger partial charge on any atom is 0.306 e. The number of Topliss-reactive ketones (excluding diaryl/α,β-unsaturated/α-hetero) is 1. The van der Waals surface area contributed by atoms with Gasteiger partial charge in [-0.05, 0) is 32.1 Å². The standard InChI is InChI=1S/C39H75NO5/c1-3-5-7-9-11-13-15-17-19-21-23-25-27-30-35(34-37(41)36(40)31-29-32-38(42)43)45-39(44)33-28-26-24-22-20-18-16-14-12-10-8-6-4-2/h35-36H,3-34,40H2,1-2H3,(H,42,43). The molecule has 6 heteroatoms. The number of aliphatic carboxylic acids is 1. The normalized spacial score (nSPS) is 12.7. The van der Waals surface area contributed by atoms with Gasteiger partial charge in [-0.25, -0.2) is 0 Å². The molecule has 0 aliphatic heterocycles. The molecule has 266 valence electrons. The maximum atomic E-state index is 12.8. The number of ether oxygens (including phenoxy) is 1. The molecule has 3 N–H and O–H groups in total. The van der Waals surface area contributed by atoms with E-state index in [0.717, 1.165) is 32.1 Å². The quantitative estimate of drug-likeness (QED) is 0.0523. The number of carboxylic acids is 1. The molecule has 0 saturated carbocycles. The first-order chi connectivity index (χ1) is 21.9. The molecule has 6 nitrogen and oxygen atoms in total. The van der Waals surface area contributed by atoms with Gasteiger partial charge in [-0.1, -0.05) is 168 Å². The molecular weight excluding hydrogens is 562 g/mol. The second-order valence-corrected chi connectivity index (χ2v) is 13.7. The molecule has 0 aliphatic rings. The van der Waals surface area contributed by atoms with Crippen molar-refractivity contribution in [3.8, 4) is 0 Å². The van der Waals surface area contributed by atoms with E-state index in [9.17, 15) is 14.4 Å². The van der Waals surface area contributed by atoms with E-state index in [-0.39, 0.29) is 24.6 Å². The van der Waals surface area contributed by atoms with Crippen molar-refractivity contribution in [2.24, 2.45) is 5.73 Å². The summed E-state index contributed by atoms with van der Waals surface area (Å²) in [6, 6.07) is -0.696. The minimum Gasteiger partial charge on any atom is -0.481 e. The Balaban J connectivity index is 4.22. The Bertz CT molecular complexity index is 682. The number of esters is 1. The van der Waals surface area contributed by atoms with E-state index < -0.39 is 18.1 Å². The SMILES string of the molecule is CCCCCCCCCCCCCCCC(=O)OC(CCCCCCCCCCCCCCC)CC(=O)C(N)CCCC(=O)O. The minimum atomic E-state index is -0.878. The lowest BCUT2D eigenvalue weighted by atomic mass is 9.98. The number of carbonyl (C=O) groups is 3. The molecule has 0 spiro atoms. The molecule has 0 bridgehead atoms. The molecule has 0 aliphatic carbocycles. The molecule has 2 unspecified atom stereocenters. The van der Waals surface area contributed by atoms with E-state index in [4.69, 9.17) is 15.6 Å². The summed E-state index contributed by atoms with van der Waals surface area (Å²) in [5.74, 6) is -1.21. The van der Waals surface area contributed by atoms with Crippen molar-refractivity contribution in [1.82, 2.24) is 0 Å². The Morgan fingerprint density at radius 3 is 1.29 bits per heavy atom. The van der Waals surface area contributed by atoms with E-state index in [1.807, 2.05) is 0 Å². The fourth-order valence-electron chi connectivity index (χ4n) is 6.13. The van der Waals surface area contributed by atoms with Gasteiger partial charge < -0.3 is 15.6 Å². The molecule has 0 aromatic carbocycles. The highest BCUT2D eigenvalue weighted by molar-refractivity contribution is 5.84. The highest BCUT2D eigenvalue weighted by Crippen LogP contribution is 2.18. The highest BCUT2D eigenvalue weighted by Gasteiger charge is 2.22. The van der Waals surface area contributed by atoms with E-state index in [0.29, 0.717) is 25.7 Å². The third-order valence-corrected chi connectivity index (χ3v) is 9.16. The molecule has 0 radical (unpaired) electrons. The van der Waals surface area contributed by atoms with Crippen LogP contribution in [0.1, 0.15) is 219 Å². The smallest absolute Gasteiger partial charge is 0.306 e. The van der Waals surface area contributed by atoms with E-state index in [2.05, 4.69) is 13.8 Å². The number of unbranched alkanes of at least 4 members (excludes halogenated alkanes) is 24. The van der Waals surface area contributed by atoms with Crippen LogP contribution < -0.4 is 5.73 Å². The minimum absolute atomic E-state index is 0.0114. The molecule has 0 heterocycles. The first kappa shape index (κ1) is 43.6. The van der Waals surface area contributed by atoms with Crippen molar-refractivity contribution >= 4 is 17.7 Å². The summed E-state index contributed by atoms with van der Waals surface area (Å²) in [5.41, 5.74) is 6.06. The first-order valence-electron chi connectivity index (χ1n) is 19.6. The van der Waals surface area contributed by atoms with Gasteiger partial charge in [0.25, 0.3) is 0 Å². The van der Waals surface area contributed by atoms with Gasteiger partial charge in [-0.2, -0.15) is 0 Å². The van der Waals surface area contributed by atoms with E-state index >= 15 is 0 Å². The summed E-state index contributed by atoms with van der Waals surface area (Å²) >= 11 is 0. The Labute approximate surface area is 278 Å². The topological polar surface area (TPSA) is 107 Å². The average molecular weight is 638 g/mol. The first-order valence-corrected chi connectivity index (χ1v) is 19.6. The van der Waals surface area contributed by atoms with Crippen LogP contribution in [0.5, 0.6) is 0 Å². The largest absolute Gasteiger partial charge is 0.481 e. The zero-order valence-electron chi connectivity index (χ0n) is 29.9. The van der Waals surface area contributed by atoms with Gasteiger partial charge in [0.2, 0.25) is 0 Å². The van der Waals surface area contributed by atoms with Crippen LogP contribution in [-0.2, 0) is 19.1 Å². The van der Waals surface area contributed by atoms with E-state index in [1.54, 1.807) is 0 Å². The van der Waals surface area contributed by atoms with Crippen molar-refractivity contribution < 1.29 is 24.2 Å². The van der Waals surface area contributed by atoms with Crippen LogP contribution in [0.25, 0.3) is 0 Å². The predicted octanol–water partition coefficient (Wildman–Crippen LogP) is 11.4. The molecule has 0 rings (SSSR count). The van der Waals surface area contributed by atoms with Gasteiger partial charge in [0.15, 0.2) is 5.78 Å². The number of carbonyl (C=O) groups excluding carboxylic acids is 2. The van der Waals surface area contributed by atoms with Crippen LogP contribution in [0.2, 0.25) is 0 Å². The Morgan fingerprint density at radius 1 is 0.511 bits per heavy atom. The van der Waals surface area contributed by atoms with Crippen LogP contribution >= 0.6 is 0 Å². The predicted molar refractivity (Wildman–Crippen MR) is 190 cm³/mol. The van der Waals surface area contributed by atoms with Gasteiger partial charge >= 0.3 is 11.9 Å². The number of ketones is 1. The second-order valence-electron chi connectivity index (χ2n) is 13.7. The van der Waals surface area contributed by atoms with Crippen molar-refractivity contribution in [2.45, 2.75) is 231 Å². The van der Waals surface area contributed by atoms with E-state index in [1.165, 1.54) is 135 Å². The van der Waals surface area contributed by atoms with Gasteiger partial charge in [-0.3, -0.25) is 14.4 Å². The van der Waals surface area contributed by atoms with Crippen molar-refractivity contribution in [2.75, 3.05) is 0 Å². The lowest BCUT2D eigenvalue weighted by Gasteiger charge is -2.19. The van der Waals surface area contributed by atoms with Crippen LogP contribution in [-0.4, -0.2) is 35.0 Å². The molecule has 2 atom stereocenters. The summed E-state index contributed by atoms with van der Waals surface area (Å²) in [4.78, 5) is 36.2. The molecule has 0 amide bonds. The summed E-state index contributed by atoms with van der Waals surface area (Å²) in [5, 5.41) is 8.87. The molecule has 45 heavy (non-hydrogen) atoms. The summed E-state index contributed by atoms with van der Waals surface area (Å²) < 4.78 is 5.82. The van der Waals surface area contributed by atoms with Crippen LogP contribution in [0, 0.1) is 0 Å². The van der Waals surface area contributed by atoms with Gasteiger partial charge in [0.05, 0.1) is 6.04 Å². The van der Waals surface area contributed by atoms with Crippen molar-refractivity contribution in [3.63, 3.8) is 0 Å². The monoisotopic (exact) mass is 638 g/mol. The number of hydrogen-bond acceptors (Lipinski definition) is 5. The molecule has 0 aromatic rings. The Hall–Kier alpha value is -1.43. The van der Waals surface area contributed by atoms with Gasteiger partial charge in [0, 0.05) is 19.3 Å². The molecular formula is C39H75NO5. The van der Waals surface area contributed by atoms with Crippen molar-refractivity contribution in [3.05, 3.63) is 0 Å². The van der Waals surface area contributed by atoms with Crippen LogP contribution in [0.4, 0.5) is 0 Å². The highest BCUT2D eigenvalue weighted by atomic mass is 16.5. The second kappa shape index (κ2) is 33.9. The summed E-state index contributed by atoms with van der Waals surface area (Å²) in [7, 11) is 0. The number of nitrogens with two attached hydrogens (primary N) is 1. The lowest BCUT2D eigenvalue weighted by Crippen LogP contribution is -2.34. The number of hydrogen-bond donors (Lipinski definition) is 2. The zero-order valence-corrected chi connectivity index (χ0v) is 29.9. The molecule has 0 saturated heterocycles. The summed E-state index contributed by atoms with van der Waals surface area (Å²) in [6.07, 6.45) is 34.6. The number of carboxylic acid groups (broad SMARTS) is 1.